The van der Waals surface area contributed by atoms with E-state index in [1.165, 1.54) is 43.5 Å². The third kappa shape index (κ3) is 6.15. The van der Waals surface area contributed by atoms with E-state index in [0.29, 0.717) is 17.1 Å². The lowest BCUT2D eigenvalue weighted by Gasteiger charge is -2.31. The zero-order valence-electron chi connectivity index (χ0n) is 25.8. The van der Waals surface area contributed by atoms with E-state index in [1.54, 1.807) is 36.4 Å². The summed E-state index contributed by atoms with van der Waals surface area (Å²) < 4.78 is 30.5. The van der Waals surface area contributed by atoms with Gasteiger partial charge in [0.15, 0.2) is 0 Å². The largest absolute Gasteiger partial charge is 0.497 e. The van der Waals surface area contributed by atoms with Crippen molar-refractivity contribution in [3.8, 4) is 11.5 Å². The lowest BCUT2D eigenvalue weighted by Crippen LogP contribution is -2.37. The Bertz CT molecular complexity index is 1730. The second-order valence-electron chi connectivity index (χ2n) is 9.46. The summed E-state index contributed by atoms with van der Waals surface area (Å²) in [5.74, 6) is -3.52. The summed E-state index contributed by atoms with van der Waals surface area (Å²) in [6.07, 6.45) is 3.46. The number of hydrogen-bond donors (Lipinski definition) is 0. The summed E-state index contributed by atoms with van der Waals surface area (Å²) in [6.45, 7) is 0. The number of ketones is 1. The van der Waals surface area contributed by atoms with Gasteiger partial charge in [0, 0.05) is 17.3 Å². The second kappa shape index (κ2) is 14.2. The first-order chi connectivity index (χ1) is 22.1. The third-order valence-electron chi connectivity index (χ3n) is 7.12. The van der Waals surface area contributed by atoms with Gasteiger partial charge in [-0.15, -0.1) is 0 Å². The van der Waals surface area contributed by atoms with Crippen LogP contribution in [-0.2, 0) is 38.1 Å². The van der Waals surface area contributed by atoms with Crippen LogP contribution in [0.2, 0.25) is 0 Å². The van der Waals surface area contributed by atoms with Crippen LogP contribution in [0.3, 0.4) is 0 Å². The lowest BCUT2D eigenvalue weighted by atomic mass is 9.90. The highest BCUT2D eigenvalue weighted by Gasteiger charge is 2.48. The first-order valence-electron chi connectivity index (χ1n) is 13.6. The minimum absolute atomic E-state index is 0.0109. The maximum absolute atomic E-state index is 14.3. The summed E-state index contributed by atoms with van der Waals surface area (Å²) in [5, 5.41) is 0. The molecule has 2 aliphatic rings. The molecule has 0 aromatic heterocycles. The van der Waals surface area contributed by atoms with Crippen LogP contribution in [0.25, 0.3) is 5.57 Å². The van der Waals surface area contributed by atoms with Crippen molar-refractivity contribution < 1.29 is 52.4 Å². The van der Waals surface area contributed by atoms with Crippen LogP contribution in [0, 0.1) is 0 Å². The Balaban J connectivity index is 2.22. The molecule has 2 aromatic carbocycles. The van der Waals surface area contributed by atoms with Crippen molar-refractivity contribution in [1.29, 1.82) is 0 Å². The van der Waals surface area contributed by atoms with Crippen LogP contribution in [0.1, 0.15) is 15.9 Å². The number of rotatable bonds is 10. The molecule has 2 bridgehead atoms. The standard InChI is InChI=1S/C33H30N2O11/c1-41-20-11-7-18(8-12-20)25-28(30(37)19-9-13-21(42-2)14-10-19)34-16-15-22-26(32(39)45-5)27(33(40)46-6)29(25)35(22)23(31(38)44-4)17-24(36)43-3/h7-17,22H,1-6H3/b16-15-,23-17+,29-25-,34-28-. The number of hydrogen-bond acceptors (Lipinski definition) is 13. The van der Waals surface area contributed by atoms with E-state index in [0.717, 1.165) is 34.5 Å². The average Bonchev–Trinajstić information content (AvgIpc) is 3.44. The molecule has 13 nitrogen and oxygen atoms in total. The fourth-order valence-corrected chi connectivity index (χ4v) is 4.96. The molecule has 4 rings (SSSR count). The Morgan fingerprint density at radius 2 is 1.33 bits per heavy atom. The molecule has 0 saturated carbocycles. The van der Waals surface area contributed by atoms with Gasteiger partial charge in [-0.3, -0.25) is 9.79 Å². The number of ether oxygens (including phenoxy) is 6. The average molecular weight is 631 g/mol. The fraction of sp³-hybridized carbons (Fsp3) is 0.212. The number of esters is 4. The molecule has 46 heavy (non-hydrogen) atoms. The monoisotopic (exact) mass is 630 g/mol. The minimum Gasteiger partial charge on any atom is -0.497 e. The molecule has 1 atom stereocenters. The molecule has 0 N–H and O–H groups in total. The predicted molar refractivity (Wildman–Crippen MR) is 163 cm³/mol. The Morgan fingerprint density at radius 1 is 0.739 bits per heavy atom. The second-order valence-corrected chi connectivity index (χ2v) is 9.46. The first-order valence-corrected chi connectivity index (χ1v) is 13.6. The molecule has 2 aromatic rings. The molecule has 1 unspecified atom stereocenters. The summed E-state index contributed by atoms with van der Waals surface area (Å²) in [7, 11) is 7.37. The van der Waals surface area contributed by atoms with Crippen molar-refractivity contribution in [1.82, 2.24) is 4.90 Å². The highest BCUT2D eigenvalue weighted by Crippen LogP contribution is 2.44. The molecule has 2 heterocycles. The Labute approximate surface area is 264 Å². The van der Waals surface area contributed by atoms with Crippen LogP contribution in [0.4, 0.5) is 0 Å². The van der Waals surface area contributed by atoms with Crippen LogP contribution < -0.4 is 9.47 Å². The molecular weight excluding hydrogens is 600 g/mol. The number of carbonyl (C=O) groups excluding carboxylic acids is 5. The quantitative estimate of drug-likeness (QED) is 0.164. The molecule has 0 saturated heterocycles. The van der Waals surface area contributed by atoms with Crippen LogP contribution in [0.5, 0.6) is 11.5 Å². The molecule has 0 amide bonds. The van der Waals surface area contributed by atoms with Gasteiger partial charge in [0.1, 0.15) is 22.9 Å². The SMILES string of the molecule is COC(=O)/C=C(\C(=O)OC)N1\C2=C(c3ccc(OC)cc3)/C(C(=O)c3ccc(OC)cc3)=N/C=C\C1C(C(=O)OC)=C2C(=O)OC. The predicted octanol–water partition coefficient (Wildman–Crippen LogP) is 2.82. The Kier molecular flexibility index (Phi) is 10.2. The van der Waals surface area contributed by atoms with Gasteiger partial charge in [-0.2, -0.15) is 0 Å². The van der Waals surface area contributed by atoms with E-state index >= 15 is 0 Å². The van der Waals surface area contributed by atoms with Crippen molar-refractivity contribution in [2.24, 2.45) is 4.99 Å². The number of benzene rings is 2. The van der Waals surface area contributed by atoms with Crippen molar-refractivity contribution in [2.75, 3.05) is 42.7 Å². The zero-order valence-corrected chi connectivity index (χ0v) is 25.8. The highest BCUT2D eigenvalue weighted by molar-refractivity contribution is 6.61. The normalized spacial score (nSPS) is 19.2. The number of Topliss-reactive ketones (excluding diaryl/α,β-unsaturated/α-hetero) is 1. The molecule has 13 heteroatoms. The van der Waals surface area contributed by atoms with Gasteiger partial charge in [-0.1, -0.05) is 12.1 Å². The molecular formula is C33H30N2O11. The highest BCUT2D eigenvalue weighted by atomic mass is 16.5. The van der Waals surface area contributed by atoms with Gasteiger partial charge in [-0.25, -0.2) is 19.2 Å². The van der Waals surface area contributed by atoms with Crippen molar-refractivity contribution in [3.63, 3.8) is 0 Å². The maximum Gasteiger partial charge on any atom is 0.354 e. The van der Waals surface area contributed by atoms with E-state index < -0.39 is 41.4 Å². The van der Waals surface area contributed by atoms with Gasteiger partial charge in [-0.05, 0) is 48.0 Å². The fourth-order valence-electron chi connectivity index (χ4n) is 4.96. The van der Waals surface area contributed by atoms with Gasteiger partial charge in [0.05, 0.1) is 71.6 Å². The van der Waals surface area contributed by atoms with E-state index in [-0.39, 0.29) is 33.7 Å². The molecule has 0 fully saturated rings. The molecule has 2 aliphatic heterocycles. The van der Waals surface area contributed by atoms with Gasteiger partial charge in [0.25, 0.3) is 0 Å². The number of methoxy groups -OCH3 is 6. The first kappa shape index (κ1) is 32.9. The summed E-state index contributed by atoms with van der Waals surface area (Å²) in [4.78, 5) is 72.9. The topological polar surface area (TPSA) is 156 Å². The van der Waals surface area contributed by atoms with E-state index in [2.05, 4.69) is 4.99 Å². The van der Waals surface area contributed by atoms with Gasteiger partial charge >= 0.3 is 23.9 Å². The van der Waals surface area contributed by atoms with Gasteiger partial charge in [0.2, 0.25) is 5.78 Å². The summed E-state index contributed by atoms with van der Waals surface area (Å²) in [6, 6.07) is 11.4. The van der Waals surface area contributed by atoms with Gasteiger partial charge < -0.3 is 33.3 Å². The smallest absolute Gasteiger partial charge is 0.354 e. The van der Waals surface area contributed by atoms with Crippen molar-refractivity contribution in [2.45, 2.75) is 6.04 Å². The number of carbonyl (C=O) groups is 5. The van der Waals surface area contributed by atoms with E-state index in [4.69, 9.17) is 28.4 Å². The van der Waals surface area contributed by atoms with Crippen LogP contribution in [0.15, 0.2) is 94.4 Å². The zero-order chi connectivity index (χ0) is 33.5. The molecule has 0 aliphatic carbocycles. The van der Waals surface area contributed by atoms with Crippen LogP contribution >= 0.6 is 0 Å². The van der Waals surface area contributed by atoms with E-state index in [1.807, 2.05) is 0 Å². The van der Waals surface area contributed by atoms with E-state index in [9.17, 15) is 24.0 Å². The number of allylic oxidation sites excluding steroid dienone is 1. The summed E-state index contributed by atoms with van der Waals surface area (Å²) in [5.41, 5.74) is -0.819. The number of aliphatic imine (C=N–C) groups is 1. The number of nitrogens with zero attached hydrogens (tertiary/aromatic N) is 2. The Morgan fingerprint density at radius 3 is 1.85 bits per heavy atom. The Hall–Kier alpha value is -5.98. The lowest BCUT2D eigenvalue weighted by molar-refractivity contribution is -0.140. The maximum atomic E-state index is 14.3. The minimum atomic E-state index is -1.26. The molecule has 0 spiro atoms. The molecule has 238 valence electrons. The number of fused-ring (bicyclic) bond motifs is 2. The van der Waals surface area contributed by atoms with Crippen LogP contribution in [-0.4, -0.2) is 89.0 Å². The van der Waals surface area contributed by atoms with Crippen molar-refractivity contribution >= 4 is 40.9 Å². The molecule has 0 radical (unpaired) electrons. The third-order valence-corrected chi connectivity index (χ3v) is 7.12. The van der Waals surface area contributed by atoms with Crippen molar-refractivity contribution in [3.05, 3.63) is 101 Å². The summed E-state index contributed by atoms with van der Waals surface area (Å²) >= 11 is 0.